The molecule has 1 aromatic rings. The van der Waals surface area contributed by atoms with E-state index in [0.29, 0.717) is 25.8 Å². The minimum atomic E-state index is -3.02. The van der Waals surface area contributed by atoms with Crippen LogP contribution in [0.15, 0.2) is 24.3 Å². The normalized spacial score (nSPS) is 26.1. The van der Waals surface area contributed by atoms with Crippen molar-refractivity contribution in [3.05, 3.63) is 29.8 Å². The molecular formula is C18H24N2O5S. The Bertz CT molecular complexity index is 775. The van der Waals surface area contributed by atoms with E-state index < -0.39 is 9.84 Å². The zero-order valence-electron chi connectivity index (χ0n) is 14.7. The molecule has 2 N–H and O–H groups in total. The molecule has 8 heteroatoms. The van der Waals surface area contributed by atoms with E-state index in [1.165, 1.54) is 0 Å². The van der Waals surface area contributed by atoms with Crippen molar-refractivity contribution in [2.45, 2.75) is 25.3 Å². The second-order valence-electron chi connectivity index (χ2n) is 6.95. The van der Waals surface area contributed by atoms with Gasteiger partial charge in [-0.25, -0.2) is 8.42 Å². The van der Waals surface area contributed by atoms with Crippen molar-refractivity contribution >= 4 is 21.7 Å². The minimum Gasteiger partial charge on any atom is -0.497 e. The van der Waals surface area contributed by atoms with Gasteiger partial charge in [-0.1, -0.05) is 12.1 Å². The summed E-state index contributed by atoms with van der Waals surface area (Å²) in [6, 6.07) is 7.34. The number of hydrogen-bond acceptors (Lipinski definition) is 5. The number of sulfone groups is 1. The van der Waals surface area contributed by atoms with Gasteiger partial charge in [0.2, 0.25) is 11.8 Å². The zero-order chi connectivity index (χ0) is 18.7. The Morgan fingerprint density at radius 2 is 1.85 bits per heavy atom. The Labute approximate surface area is 153 Å². The summed E-state index contributed by atoms with van der Waals surface area (Å²) in [5, 5.41) is 5.63. The van der Waals surface area contributed by atoms with Crippen LogP contribution in [0.2, 0.25) is 0 Å². The maximum Gasteiger partial charge on any atom is 0.224 e. The van der Waals surface area contributed by atoms with Crippen LogP contribution < -0.4 is 15.4 Å². The molecule has 0 aromatic heterocycles. The van der Waals surface area contributed by atoms with E-state index in [1.807, 2.05) is 24.3 Å². The topological polar surface area (TPSA) is 102 Å². The van der Waals surface area contributed by atoms with E-state index in [-0.39, 0.29) is 41.2 Å². The molecule has 0 bridgehead atoms. The van der Waals surface area contributed by atoms with Crippen LogP contribution in [0.4, 0.5) is 0 Å². The van der Waals surface area contributed by atoms with Crippen LogP contribution in [0.3, 0.4) is 0 Å². The van der Waals surface area contributed by atoms with Gasteiger partial charge in [0.15, 0.2) is 9.84 Å². The van der Waals surface area contributed by atoms with Crippen LogP contribution in [-0.4, -0.2) is 51.4 Å². The van der Waals surface area contributed by atoms with Crippen molar-refractivity contribution in [3.8, 4) is 5.75 Å². The summed E-state index contributed by atoms with van der Waals surface area (Å²) < 4.78 is 28.0. The largest absolute Gasteiger partial charge is 0.497 e. The standard InChI is InChI=1S/C18H24N2O5S/c1-25-14-4-2-12(3-5-14)6-8-19-17(21)15-10-16(15)18(22)20-13-7-9-26(23,24)11-13/h2-5,13,15-16H,6-11H2,1H3,(H,19,21)(H,20,22). The van der Waals surface area contributed by atoms with Crippen LogP contribution in [-0.2, 0) is 25.8 Å². The lowest BCUT2D eigenvalue weighted by molar-refractivity contribution is -0.127. The molecule has 2 aliphatic rings. The molecule has 1 saturated carbocycles. The zero-order valence-corrected chi connectivity index (χ0v) is 15.6. The first-order valence-corrected chi connectivity index (χ1v) is 10.6. The molecule has 1 aromatic carbocycles. The van der Waals surface area contributed by atoms with Crippen LogP contribution >= 0.6 is 0 Å². The van der Waals surface area contributed by atoms with E-state index in [9.17, 15) is 18.0 Å². The van der Waals surface area contributed by atoms with Gasteiger partial charge < -0.3 is 15.4 Å². The summed E-state index contributed by atoms with van der Waals surface area (Å²) in [4.78, 5) is 24.3. The Morgan fingerprint density at radius 3 is 2.46 bits per heavy atom. The Hall–Kier alpha value is -2.09. The number of carbonyl (C=O) groups excluding carboxylic acids is 2. The van der Waals surface area contributed by atoms with Gasteiger partial charge in [0.25, 0.3) is 0 Å². The molecule has 3 rings (SSSR count). The molecule has 1 saturated heterocycles. The number of nitrogens with one attached hydrogen (secondary N) is 2. The maximum absolute atomic E-state index is 12.1. The molecule has 26 heavy (non-hydrogen) atoms. The third kappa shape index (κ3) is 4.75. The quantitative estimate of drug-likeness (QED) is 0.708. The van der Waals surface area contributed by atoms with Crippen molar-refractivity contribution in [2.75, 3.05) is 25.2 Å². The second-order valence-corrected chi connectivity index (χ2v) is 9.18. The Kier molecular flexibility index (Phi) is 5.50. The first-order chi connectivity index (χ1) is 12.4. The molecule has 2 fully saturated rings. The fourth-order valence-corrected chi connectivity index (χ4v) is 4.92. The summed E-state index contributed by atoms with van der Waals surface area (Å²) >= 11 is 0. The van der Waals surface area contributed by atoms with Gasteiger partial charge in [-0.05, 0) is 37.0 Å². The minimum absolute atomic E-state index is 0.00415. The molecule has 1 aliphatic heterocycles. The molecule has 0 spiro atoms. The average Bonchev–Trinajstić information content (AvgIpc) is 3.34. The number of rotatable bonds is 7. The lowest BCUT2D eigenvalue weighted by Gasteiger charge is -2.10. The smallest absolute Gasteiger partial charge is 0.224 e. The highest BCUT2D eigenvalue weighted by molar-refractivity contribution is 7.91. The maximum atomic E-state index is 12.1. The molecule has 0 radical (unpaired) electrons. The highest BCUT2D eigenvalue weighted by atomic mass is 32.2. The third-order valence-corrected chi connectivity index (χ3v) is 6.68. The van der Waals surface area contributed by atoms with Crippen molar-refractivity contribution in [1.82, 2.24) is 10.6 Å². The average molecular weight is 380 g/mol. The fourth-order valence-electron chi connectivity index (χ4n) is 3.24. The van der Waals surface area contributed by atoms with Crippen LogP contribution in [0.1, 0.15) is 18.4 Å². The van der Waals surface area contributed by atoms with Crippen LogP contribution in [0.25, 0.3) is 0 Å². The van der Waals surface area contributed by atoms with Crippen molar-refractivity contribution in [2.24, 2.45) is 11.8 Å². The van der Waals surface area contributed by atoms with E-state index >= 15 is 0 Å². The van der Waals surface area contributed by atoms with Gasteiger partial charge in [0.1, 0.15) is 5.75 Å². The molecule has 7 nitrogen and oxygen atoms in total. The van der Waals surface area contributed by atoms with Gasteiger partial charge in [-0.15, -0.1) is 0 Å². The summed E-state index contributed by atoms with van der Waals surface area (Å²) in [5.41, 5.74) is 1.10. The van der Waals surface area contributed by atoms with Crippen LogP contribution in [0.5, 0.6) is 5.75 Å². The molecule has 2 amide bonds. The van der Waals surface area contributed by atoms with Crippen LogP contribution in [0, 0.1) is 11.8 Å². The number of carbonyl (C=O) groups is 2. The number of ether oxygens (including phenoxy) is 1. The van der Waals surface area contributed by atoms with Gasteiger partial charge >= 0.3 is 0 Å². The molecular weight excluding hydrogens is 356 g/mol. The van der Waals surface area contributed by atoms with Crippen molar-refractivity contribution in [3.63, 3.8) is 0 Å². The summed E-state index contributed by atoms with van der Waals surface area (Å²) in [7, 11) is -1.41. The predicted molar refractivity (Wildman–Crippen MR) is 96.5 cm³/mol. The summed E-state index contributed by atoms with van der Waals surface area (Å²) in [6.07, 6.45) is 1.69. The van der Waals surface area contributed by atoms with E-state index in [2.05, 4.69) is 10.6 Å². The fraction of sp³-hybridized carbons (Fsp3) is 0.556. The number of amides is 2. The highest BCUT2D eigenvalue weighted by Gasteiger charge is 2.48. The number of benzene rings is 1. The molecule has 1 heterocycles. The lowest BCUT2D eigenvalue weighted by Crippen LogP contribution is -2.38. The van der Waals surface area contributed by atoms with Crippen molar-refractivity contribution < 1.29 is 22.7 Å². The molecule has 1 aliphatic carbocycles. The molecule has 3 atom stereocenters. The molecule has 3 unspecified atom stereocenters. The highest BCUT2D eigenvalue weighted by Crippen LogP contribution is 2.39. The van der Waals surface area contributed by atoms with Gasteiger partial charge in [0.05, 0.1) is 30.5 Å². The SMILES string of the molecule is COc1ccc(CCNC(=O)C2CC2C(=O)NC2CCS(=O)(=O)C2)cc1. The van der Waals surface area contributed by atoms with E-state index in [1.54, 1.807) is 7.11 Å². The van der Waals surface area contributed by atoms with Gasteiger partial charge in [-0.2, -0.15) is 0 Å². The number of methoxy groups -OCH3 is 1. The Morgan fingerprint density at radius 1 is 1.15 bits per heavy atom. The monoisotopic (exact) mass is 380 g/mol. The number of hydrogen-bond donors (Lipinski definition) is 2. The van der Waals surface area contributed by atoms with E-state index in [4.69, 9.17) is 4.74 Å². The summed E-state index contributed by atoms with van der Waals surface area (Å²) in [5.74, 6) is -0.0369. The first-order valence-electron chi connectivity index (χ1n) is 8.79. The molecule has 142 valence electrons. The lowest BCUT2D eigenvalue weighted by atomic mass is 10.1. The first kappa shape index (κ1) is 18.7. The van der Waals surface area contributed by atoms with Gasteiger partial charge in [-0.3, -0.25) is 9.59 Å². The van der Waals surface area contributed by atoms with E-state index in [0.717, 1.165) is 11.3 Å². The van der Waals surface area contributed by atoms with Crippen molar-refractivity contribution in [1.29, 1.82) is 0 Å². The van der Waals surface area contributed by atoms with Gasteiger partial charge in [0, 0.05) is 12.6 Å². The Balaban J connectivity index is 1.37. The second kappa shape index (κ2) is 7.65. The summed E-state index contributed by atoms with van der Waals surface area (Å²) in [6.45, 7) is 0.511. The third-order valence-electron chi connectivity index (χ3n) is 4.91. The predicted octanol–water partition coefficient (Wildman–Crippen LogP) is 0.293.